The van der Waals surface area contributed by atoms with Crippen LogP contribution in [-0.4, -0.2) is 27.3 Å². The van der Waals surface area contributed by atoms with E-state index >= 15 is 0 Å². The van der Waals surface area contributed by atoms with E-state index in [1.54, 1.807) is 12.5 Å². The number of nitrogens with zero attached hydrogens (tertiary/aromatic N) is 3. The van der Waals surface area contributed by atoms with Crippen molar-refractivity contribution in [2.24, 2.45) is 5.16 Å². The van der Waals surface area contributed by atoms with Crippen LogP contribution < -0.4 is 4.74 Å². The van der Waals surface area contributed by atoms with Gasteiger partial charge in [-0.2, -0.15) is 0 Å². The van der Waals surface area contributed by atoms with E-state index in [2.05, 4.69) is 10.1 Å². The summed E-state index contributed by atoms with van der Waals surface area (Å²) in [7, 11) is 0. The van der Waals surface area contributed by atoms with Crippen molar-refractivity contribution >= 4 is 5.71 Å². The first-order valence-corrected chi connectivity index (χ1v) is 5.88. The van der Waals surface area contributed by atoms with Gasteiger partial charge in [0.2, 0.25) is 0 Å². The van der Waals surface area contributed by atoms with E-state index < -0.39 is 0 Å². The van der Waals surface area contributed by atoms with Gasteiger partial charge in [0, 0.05) is 23.5 Å². The highest BCUT2D eigenvalue weighted by Gasteiger charge is 2.18. The van der Waals surface area contributed by atoms with Crippen LogP contribution in [0.3, 0.4) is 0 Å². The van der Waals surface area contributed by atoms with Crippen molar-refractivity contribution < 1.29 is 14.7 Å². The maximum atomic E-state index is 9.25. The molecule has 0 spiro atoms. The van der Waals surface area contributed by atoms with Gasteiger partial charge >= 0.3 is 0 Å². The van der Waals surface area contributed by atoms with Crippen LogP contribution in [0.1, 0.15) is 11.1 Å². The first-order chi connectivity index (χ1) is 9.38. The Labute approximate surface area is 109 Å². The quantitative estimate of drug-likeness (QED) is 0.516. The molecule has 6 heteroatoms. The first-order valence-electron chi connectivity index (χ1n) is 5.88. The molecule has 1 N–H and O–H groups in total. The molecule has 0 aliphatic carbocycles. The first kappa shape index (κ1) is 11.7. The van der Waals surface area contributed by atoms with Crippen molar-refractivity contribution in [1.29, 1.82) is 0 Å². The van der Waals surface area contributed by atoms with E-state index in [4.69, 9.17) is 9.47 Å². The number of ether oxygens (including phenoxy) is 2. The van der Waals surface area contributed by atoms with Crippen LogP contribution in [0.15, 0.2) is 42.1 Å². The fraction of sp³-hybridized carbons (Fsp3) is 0.231. The molecule has 1 aromatic heterocycles. The zero-order valence-electron chi connectivity index (χ0n) is 10.2. The minimum atomic E-state index is 0.254. The third kappa shape index (κ3) is 2.30. The Kier molecular flexibility index (Phi) is 3.16. The van der Waals surface area contributed by atoms with Gasteiger partial charge in [-0.25, -0.2) is 4.98 Å². The van der Waals surface area contributed by atoms with Crippen LogP contribution in [0, 0.1) is 0 Å². The second kappa shape index (κ2) is 5.11. The molecule has 0 saturated carbocycles. The van der Waals surface area contributed by atoms with Gasteiger partial charge < -0.3 is 19.2 Å². The normalized spacial score (nSPS) is 14.8. The second-order valence-electron chi connectivity index (χ2n) is 4.17. The van der Waals surface area contributed by atoms with Crippen molar-refractivity contribution in [1.82, 2.24) is 9.55 Å². The Balaban J connectivity index is 1.96. The molecule has 0 fully saturated rings. The highest BCUT2D eigenvalue weighted by Crippen LogP contribution is 2.27. The standard InChI is InChI=1S/C13H13N3O3/c17-15-12(6-16-5-4-14-8-16)10-2-1-3-13-11(10)7-18-9-19-13/h1-5,8,17H,6-7,9H2. The van der Waals surface area contributed by atoms with Crippen molar-refractivity contribution in [2.75, 3.05) is 6.79 Å². The van der Waals surface area contributed by atoms with Crippen LogP contribution in [0.5, 0.6) is 5.75 Å². The third-order valence-electron chi connectivity index (χ3n) is 3.00. The van der Waals surface area contributed by atoms with Crippen molar-refractivity contribution in [3.05, 3.63) is 48.0 Å². The van der Waals surface area contributed by atoms with E-state index in [-0.39, 0.29) is 6.79 Å². The number of benzene rings is 1. The highest BCUT2D eigenvalue weighted by atomic mass is 16.7. The molecular formula is C13H13N3O3. The molecule has 0 amide bonds. The number of hydrogen-bond donors (Lipinski definition) is 1. The van der Waals surface area contributed by atoms with E-state index in [1.165, 1.54) is 0 Å². The Morgan fingerprint density at radius 3 is 3.21 bits per heavy atom. The van der Waals surface area contributed by atoms with Crippen LogP contribution in [-0.2, 0) is 17.9 Å². The maximum Gasteiger partial charge on any atom is 0.189 e. The maximum absolute atomic E-state index is 9.25. The summed E-state index contributed by atoms with van der Waals surface area (Å²) in [5, 5.41) is 12.7. The lowest BCUT2D eigenvalue weighted by atomic mass is 10.0. The van der Waals surface area contributed by atoms with E-state index in [0.717, 1.165) is 16.9 Å². The Morgan fingerprint density at radius 1 is 1.47 bits per heavy atom. The van der Waals surface area contributed by atoms with Crippen LogP contribution in [0.4, 0.5) is 0 Å². The molecule has 2 heterocycles. The van der Waals surface area contributed by atoms with Crippen LogP contribution >= 0.6 is 0 Å². The predicted molar refractivity (Wildman–Crippen MR) is 67.3 cm³/mol. The zero-order valence-corrected chi connectivity index (χ0v) is 10.2. The molecule has 1 aliphatic rings. The Morgan fingerprint density at radius 2 is 2.42 bits per heavy atom. The fourth-order valence-corrected chi connectivity index (χ4v) is 2.09. The van der Waals surface area contributed by atoms with Crippen molar-refractivity contribution in [3.63, 3.8) is 0 Å². The molecule has 98 valence electrons. The molecule has 0 saturated heterocycles. The van der Waals surface area contributed by atoms with Gasteiger partial charge in [-0.15, -0.1) is 0 Å². The largest absolute Gasteiger partial charge is 0.467 e. The van der Waals surface area contributed by atoms with E-state index in [9.17, 15) is 5.21 Å². The van der Waals surface area contributed by atoms with Crippen LogP contribution in [0.25, 0.3) is 0 Å². The second-order valence-corrected chi connectivity index (χ2v) is 4.17. The molecule has 19 heavy (non-hydrogen) atoms. The number of aromatic nitrogens is 2. The van der Waals surface area contributed by atoms with E-state index in [0.29, 0.717) is 18.9 Å². The van der Waals surface area contributed by atoms with Gasteiger partial charge in [0.15, 0.2) is 6.79 Å². The highest BCUT2D eigenvalue weighted by molar-refractivity contribution is 6.01. The molecule has 2 aromatic rings. The van der Waals surface area contributed by atoms with Gasteiger partial charge in [0.1, 0.15) is 11.5 Å². The predicted octanol–water partition coefficient (Wildman–Crippen LogP) is 1.63. The molecule has 0 unspecified atom stereocenters. The summed E-state index contributed by atoms with van der Waals surface area (Å²) in [6.07, 6.45) is 5.17. The number of rotatable bonds is 3. The number of hydrogen-bond acceptors (Lipinski definition) is 5. The van der Waals surface area contributed by atoms with Gasteiger partial charge in [-0.1, -0.05) is 17.3 Å². The van der Waals surface area contributed by atoms with Crippen molar-refractivity contribution in [2.45, 2.75) is 13.2 Å². The average Bonchev–Trinajstić information content (AvgIpc) is 2.97. The number of oxime groups is 1. The van der Waals surface area contributed by atoms with Crippen molar-refractivity contribution in [3.8, 4) is 5.75 Å². The summed E-state index contributed by atoms with van der Waals surface area (Å²) in [5.74, 6) is 0.774. The SMILES string of the molecule is ON=C(Cn1ccnc1)c1cccc2c1COCO2. The summed E-state index contributed by atoms with van der Waals surface area (Å²) in [4.78, 5) is 3.97. The molecular weight excluding hydrogens is 246 g/mol. The molecule has 0 bridgehead atoms. The van der Waals surface area contributed by atoms with Gasteiger partial charge in [-0.05, 0) is 6.07 Å². The zero-order chi connectivity index (χ0) is 13.1. The smallest absolute Gasteiger partial charge is 0.189 e. The summed E-state index contributed by atoms with van der Waals surface area (Å²) in [6, 6.07) is 5.65. The third-order valence-corrected chi connectivity index (χ3v) is 3.00. The lowest BCUT2D eigenvalue weighted by Gasteiger charge is -2.20. The monoisotopic (exact) mass is 259 g/mol. The molecule has 0 radical (unpaired) electrons. The summed E-state index contributed by atoms with van der Waals surface area (Å²) in [5.41, 5.74) is 2.28. The van der Waals surface area contributed by atoms with Gasteiger partial charge in [0.05, 0.1) is 19.5 Å². The number of fused-ring (bicyclic) bond motifs is 1. The summed E-state index contributed by atoms with van der Waals surface area (Å²) in [6.45, 7) is 1.14. The Hall–Kier alpha value is -2.34. The van der Waals surface area contributed by atoms with E-state index in [1.807, 2.05) is 29.0 Å². The molecule has 1 aromatic carbocycles. The topological polar surface area (TPSA) is 68.9 Å². The lowest BCUT2D eigenvalue weighted by Crippen LogP contribution is -2.18. The van der Waals surface area contributed by atoms with Crippen LogP contribution in [0.2, 0.25) is 0 Å². The van der Waals surface area contributed by atoms with Gasteiger partial charge in [0.25, 0.3) is 0 Å². The summed E-state index contributed by atoms with van der Waals surface area (Å²) >= 11 is 0. The molecule has 1 aliphatic heterocycles. The molecule has 3 rings (SSSR count). The fourth-order valence-electron chi connectivity index (χ4n) is 2.09. The summed E-state index contributed by atoms with van der Waals surface area (Å²) < 4.78 is 12.5. The van der Waals surface area contributed by atoms with Gasteiger partial charge in [-0.3, -0.25) is 0 Å². The molecule has 6 nitrogen and oxygen atoms in total. The lowest BCUT2D eigenvalue weighted by molar-refractivity contribution is -0.0164. The minimum Gasteiger partial charge on any atom is -0.467 e. The average molecular weight is 259 g/mol. The minimum absolute atomic E-state index is 0.254. The Bertz CT molecular complexity index is 593. The molecule has 0 atom stereocenters. The number of imidazole rings is 1.